The second-order valence-electron chi connectivity index (χ2n) is 3.81. The van der Waals surface area contributed by atoms with Crippen molar-refractivity contribution in [1.82, 2.24) is 0 Å². The van der Waals surface area contributed by atoms with E-state index in [0.717, 1.165) is 6.42 Å². The van der Waals surface area contributed by atoms with E-state index >= 15 is 0 Å². The summed E-state index contributed by atoms with van der Waals surface area (Å²) in [6.45, 7) is 6.43. The number of hydrogen-bond donors (Lipinski definition) is 0. The largest absolute Gasteiger partial charge is 0.295 e. The Morgan fingerprint density at radius 2 is 2.18 bits per heavy atom. The average Bonchev–Trinajstić information content (AvgIpc) is 1.94. The molecular weight excluding hydrogens is 136 g/mol. The normalized spacial score (nSPS) is 31.5. The molecule has 0 aromatic carbocycles. The molecule has 0 saturated carbocycles. The maximum Gasteiger partial charge on any atom is 0.158 e. The molecule has 1 aliphatic rings. The van der Waals surface area contributed by atoms with Gasteiger partial charge in [0, 0.05) is 5.92 Å². The lowest BCUT2D eigenvalue weighted by Crippen LogP contribution is -2.20. The van der Waals surface area contributed by atoms with Crippen LogP contribution >= 0.6 is 0 Å². The first-order valence-electron chi connectivity index (χ1n) is 4.33. The van der Waals surface area contributed by atoms with Crippen molar-refractivity contribution in [3.63, 3.8) is 0 Å². The summed E-state index contributed by atoms with van der Waals surface area (Å²) < 4.78 is 0. The van der Waals surface area contributed by atoms with Crippen LogP contribution < -0.4 is 0 Å². The van der Waals surface area contributed by atoms with Gasteiger partial charge in [-0.1, -0.05) is 26.8 Å². The molecule has 0 spiro atoms. The fourth-order valence-electron chi connectivity index (χ4n) is 1.48. The van der Waals surface area contributed by atoms with Gasteiger partial charge in [-0.25, -0.2) is 0 Å². The van der Waals surface area contributed by atoms with E-state index in [1.807, 2.05) is 6.92 Å². The Balaban J connectivity index is 2.63. The Hall–Kier alpha value is -0.590. The van der Waals surface area contributed by atoms with Crippen molar-refractivity contribution < 1.29 is 4.79 Å². The summed E-state index contributed by atoms with van der Waals surface area (Å²) in [5.74, 6) is 1.82. The summed E-state index contributed by atoms with van der Waals surface area (Å²) in [6, 6.07) is 0. The van der Waals surface area contributed by atoms with Gasteiger partial charge >= 0.3 is 0 Å². The van der Waals surface area contributed by atoms with Gasteiger partial charge < -0.3 is 0 Å². The quantitative estimate of drug-likeness (QED) is 0.564. The van der Waals surface area contributed by atoms with Gasteiger partial charge in [0.05, 0.1) is 0 Å². The predicted molar refractivity (Wildman–Crippen MR) is 46.3 cm³/mol. The van der Waals surface area contributed by atoms with Crippen molar-refractivity contribution >= 4 is 5.78 Å². The first-order chi connectivity index (χ1) is 5.11. The third-order valence-corrected chi connectivity index (χ3v) is 2.48. The van der Waals surface area contributed by atoms with Gasteiger partial charge in [-0.2, -0.15) is 0 Å². The van der Waals surface area contributed by atoms with Crippen LogP contribution in [0, 0.1) is 17.8 Å². The molecule has 0 N–H and O–H groups in total. The Bertz CT molecular complexity index is 179. The van der Waals surface area contributed by atoms with E-state index in [1.54, 1.807) is 6.08 Å². The highest BCUT2D eigenvalue weighted by atomic mass is 16.1. The van der Waals surface area contributed by atoms with Crippen LogP contribution in [0.2, 0.25) is 0 Å². The third kappa shape index (κ3) is 1.92. The van der Waals surface area contributed by atoms with Crippen LogP contribution in [0.3, 0.4) is 0 Å². The second-order valence-corrected chi connectivity index (χ2v) is 3.81. The van der Waals surface area contributed by atoms with Crippen LogP contribution in [0.1, 0.15) is 27.2 Å². The minimum atomic E-state index is 0.243. The van der Waals surface area contributed by atoms with Gasteiger partial charge in [-0.15, -0.1) is 0 Å². The minimum absolute atomic E-state index is 0.243. The van der Waals surface area contributed by atoms with E-state index in [0.29, 0.717) is 17.6 Å². The summed E-state index contributed by atoms with van der Waals surface area (Å²) in [5, 5.41) is 0. The van der Waals surface area contributed by atoms with E-state index in [9.17, 15) is 4.79 Å². The standard InChI is InChI=1S/C10H16O/c1-7(2)9-4-5-10(11)8(3)6-9/h4-5,7-9H,6H2,1-3H3/t8-,9-/m0/s1. The van der Waals surface area contributed by atoms with Crippen molar-refractivity contribution in [3.8, 4) is 0 Å². The fourth-order valence-corrected chi connectivity index (χ4v) is 1.48. The van der Waals surface area contributed by atoms with Crippen LogP contribution in [0.15, 0.2) is 12.2 Å². The van der Waals surface area contributed by atoms with Crippen LogP contribution in [0.5, 0.6) is 0 Å². The number of allylic oxidation sites excluding steroid dienone is 2. The Morgan fingerprint density at radius 1 is 1.55 bits per heavy atom. The van der Waals surface area contributed by atoms with Gasteiger partial charge in [0.1, 0.15) is 0 Å². The summed E-state index contributed by atoms with van der Waals surface area (Å²) >= 11 is 0. The summed E-state index contributed by atoms with van der Waals surface area (Å²) in [5.41, 5.74) is 0. The lowest BCUT2D eigenvalue weighted by atomic mass is 9.81. The van der Waals surface area contributed by atoms with Crippen LogP contribution in [0.25, 0.3) is 0 Å². The molecule has 0 aliphatic heterocycles. The smallest absolute Gasteiger partial charge is 0.158 e. The molecule has 1 heteroatoms. The van der Waals surface area contributed by atoms with Crippen molar-refractivity contribution in [3.05, 3.63) is 12.2 Å². The summed E-state index contributed by atoms with van der Waals surface area (Å²) in [6.07, 6.45) is 4.85. The van der Waals surface area contributed by atoms with Gasteiger partial charge in [0.15, 0.2) is 5.78 Å². The Kier molecular flexibility index (Phi) is 2.48. The zero-order valence-electron chi connectivity index (χ0n) is 7.50. The number of ketones is 1. The van der Waals surface area contributed by atoms with E-state index in [-0.39, 0.29) is 5.92 Å². The molecule has 0 aromatic rings. The molecule has 11 heavy (non-hydrogen) atoms. The van der Waals surface area contributed by atoms with Crippen LogP contribution in [-0.4, -0.2) is 5.78 Å². The Labute approximate surface area is 68.5 Å². The summed E-state index contributed by atoms with van der Waals surface area (Å²) in [7, 11) is 0. The van der Waals surface area contributed by atoms with Gasteiger partial charge in [0.25, 0.3) is 0 Å². The summed E-state index contributed by atoms with van der Waals surface area (Å²) in [4.78, 5) is 11.1. The molecule has 1 nitrogen and oxygen atoms in total. The SMILES string of the molecule is CC(C)[C@H]1C=CC(=O)[C@@H](C)C1. The topological polar surface area (TPSA) is 17.1 Å². The van der Waals surface area contributed by atoms with Crippen molar-refractivity contribution in [1.29, 1.82) is 0 Å². The molecule has 0 unspecified atom stereocenters. The van der Waals surface area contributed by atoms with Crippen molar-refractivity contribution in [2.24, 2.45) is 17.8 Å². The van der Waals surface area contributed by atoms with Gasteiger partial charge in [-0.05, 0) is 24.3 Å². The third-order valence-electron chi connectivity index (χ3n) is 2.48. The van der Waals surface area contributed by atoms with Crippen LogP contribution in [0.4, 0.5) is 0 Å². The molecule has 2 atom stereocenters. The molecule has 0 heterocycles. The van der Waals surface area contributed by atoms with Crippen LogP contribution in [-0.2, 0) is 4.79 Å². The molecule has 0 bridgehead atoms. The van der Waals surface area contributed by atoms with Crippen molar-refractivity contribution in [2.45, 2.75) is 27.2 Å². The highest BCUT2D eigenvalue weighted by molar-refractivity contribution is 5.92. The first kappa shape index (κ1) is 8.51. The molecule has 62 valence electrons. The van der Waals surface area contributed by atoms with Crippen molar-refractivity contribution in [2.75, 3.05) is 0 Å². The number of rotatable bonds is 1. The number of hydrogen-bond acceptors (Lipinski definition) is 1. The molecule has 0 saturated heterocycles. The molecule has 0 fully saturated rings. The molecule has 1 aliphatic carbocycles. The zero-order valence-corrected chi connectivity index (χ0v) is 7.50. The van der Waals surface area contributed by atoms with Gasteiger partial charge in [-0.3, -0.25) is 4.79 Å². The van der Waals surface area contributed by atoms with E-state index in [2.05, 4.69) is 19.9 Å². The lowest BCUT2D eigenvalue weighted by molar-refractivity contribution is -0.118. The minimum Gasteiger partial charge on any atom is -0.295 e. The van der Waals surface area contributed by atoms with E-state index < -0.39 is 0 Å². The number of carbonyl (C=O) groups excluding carboxylic acids is 1. The predicted octanol–water partition coefficient (Wildman–Crippen LogP) is 2.42. The first-order valence-corrected chi connectivity index (χ1v) is 4.33. The Morgan fingerprint density at radius 3 is 2.64 bits per heavy atom. The maximum atomic E-state index is 11.1. The molecule has 0 aromatic heterocycles. The van der Waals surface area contributed by atoms with Gasteiger partial charge in [0.2, 0.25) is 0 Å². The molecule has 1 rings (SSSR count). The molecule has 0 amide bonds. The monoisotopic (exact) mass is 152 g/mol. The second kappa shape index (κ2) is 3.21. The van der Waals surface area contributed by atoms with E-state index in [1.165, 1.54) is 0 Å². The highest BCUT2D eigenvalue weighted by Crippen LogP contribution is 2.26. The number of carbonyl (C=O) groups is 1. The fraction of sp³-hybridized carbons (Fsp3) is 0.700. The lowest BCUT2D eigenvalue weighted by Gasteiger charge is -2.23. The average molecular weight is 152 g/mol. The highest BCUT2D eigenvalue weighted by Gasteiger charge is 2.22. The zero-order chi connectivity index (χ0) is 8.43. The van der Waals surface area contributed by atoms with E-state index in [4.69, 9.17) is 0 Å². The maximum absolute atomic E-state index is 11.1. The molecule has 0 radical (unpaired) electrons. The molecular formula is C10H16O.